The number of hydrogen-bond acceptors (Lipinski definition) is 3. The largest absolute Gasteiger partial charge is 0.376 e. The Bertz CT molecular complexity index is 1040. The molecule has 5 heteroatoms. The SMILES string of the molecule is Cc1ccc2[nH]c(=O)c(CN(C[C@H]3CCCO3)C(=O)c3ccccc3)cc2c1. The van der Waals surface area contributed by atoms with Gasteiger partial charge in [-0.2, -0.15) is 0 Å². The Kier molecular flexibility index (Phi) is 5.26. The van der Waals surface area contributed by atoms with Crippen LogP contribution in [0.4, 0.5) is 0 Å². The summed E-state index contributed by atoms with van der Waals surface area (Å²) in [6, 6.07) is 17.0. The van der Waals surface area contributed by atoms with Crippen LogP contribution in [0.2, 0.25) is 0 Å². The third kappa shape index (κ3) is 3.99. The lowest BCUT2D eigenvalue weighted by Gasteiger charge is -2.25. The van der Waals surface area contributed by atoms with Crippen molar-refractivity contribution in [3.8, 4) is 0 Å². The Morgan fingerprint density at radius 3 is 2.75 bits per heavy atom. The minimum Gasteiger partial charge on any atom is -0.376 e. The first-order valence-electron chi connectivity index (χ1n) is 9.68. The number of benzene rings is 2. The number of carbonyl (C=O) groups is 1. The number of pyridine rings is 1. The molecule has 1 fully saturated rings. The number of aromatic nitrogens is 1. The lowest BCUT2D eigenvalue weighted by Crippen LogP contribution is -2.38. The van der Waals surface area contributed by atoms with Crippen LogP contribution in [0.1, 0.15) is 34.3 Å². The Morgan fingerprint density at radius 1 is 1.18 bits per heavy atom. The van der Waals surface area contributed by atoms with Crippen molar-refractivity contribution in [1.82, 2.24) is 9.88 Å². The van der Waals surface area contributed by atoms with Crippen molar-refractivity contribution < 1.29 is 9.53 Å². The van der Waals surface area contributed by atoms with Crippen molar-refractivity contribution in [2.45, 2.75) is 32.4 Å². The topological polar surface area (TPSA) is 62.4 Å². The number of nitrogens with one attached hydrogen (secondary N) is 1. The zero-order valence-corrected chi connectivity index (χ0v) is 16.0. The minimum absolute atomic E-state index is 0.0226. The van der Waals surface area contributed by atoms with Crippen LogP contribution >= 0.6 is 0 Å². The van der Waals surface area contributed by atoms with Gasteiger partial charge in [0.2, 0.25) is 0 Å². The van der Waals surface area contributed by atoms with E-state index >= 15 is 0 Å². The molecule has 1 atom stereocenters. The summed E-state index contributed by atoms with van der Waals surface area (Å²) >= 11 is 0. The number of rotatable bonds is 5. The van der Waals surface area contributed by atoms with E-state index in [4.69, 9.17) is 4.74 Å². The average Bonchev–Trinajstić information content (AvgIpc) is 3.21. The number of hydrogen-bond donors (Lipinski definition) is 1. The maximum atomic E-state index is 13.1. The Morgan fingerprint density at radius 2 is 2.00 bits per heavy atom. The van der Waals surface area contributed by atoms with Gasteiger partial charge in [-0.15, -0.1) is 0 Å². The van der Waals surface area contributed by atoms with Gasteiger partial charge < -0.3 is 14.6 Å². The summed E-state index contributed by atoms with van der Waals surface area (Å²) < 4.78 is 5.74. The fourth-order valence-electron chi connectivity index (χ4n) is 3.71. The maximum absolute atomic E-state index is 13.1. The molecule has 1 aromatic heterocycles. The van der Waals surface area contributed by atoms with Crippen molar-refractivity contribution in [1.29, 1.82) is 0 Å². The molecule has 0 saturated carbocycles. The van der Waals surface area contributed by atoms with Crippen LogP contribution in [0.15, 0.2) is 59.4 Å². The molecule has 5 nitrogen and oxygen atoms in total. The van der Waals surface area contributed by atoms with Gasteiger partial charge in [-0.1, -0.05) is 29.8 Å². The summed E-state index contributed by atoms with van der Waals surface area (Å²) in [6.07, 6.45) is 1.97. The average molecular weight is 376 g/mol. The number of fused-ring (bicyclic) bond motifs is 1. The Labute approximate surface area is 163 Å². The van der Waals surface area contributed by atoms with Crippen LogP contribution in [0, 0.1) is 6.92 Å². The summed E-state index contributed by atoms with van der Waals surface area (Å²) in [5.41, 5.74) is 2.98. The van der Waals surface area contributed by atoms with E-state index < -0.39 is 0 Å². The first-order valence-corrected chi connectivity index (χ1v) is 9.68. The fraction of sp³-hybridized carbons (Fsp3) is 0.304. The predicted molar refractivity (Wildman–Crippen MR) is 109 cm³/mol. The molecule has 1 saturated heterocycles. The Hall–Kier alpha value is -2.92. The summed E-state index contributed by atoms with van der Waals surface area (Å²) in [5, 5.41) is 0.971. The van der Waals surface area contributed by atoms with E-state index in [9.17, 15) is 9.59 Å². The molecule has 0 bridgehead atoms. The summed E-state index contributed by atoms with van der Waals surface area (Å²) in [4.78, 5) is 30.4. The number of H-pyrrole nitrogens is 1. The summed E-state index contributed by atoms with van der Waals surface area (Å²) in [6.45, 7) is 3.49. The normalized spacial score (nSPS) is 16.4. The van der Waals surface area contributed by atoms with Crippen LogP contribution in [0.3, 0.4) is 0 Å². The zero-order chi connectivity index (χ0) is 19.5. The predicted octanol–water partition coefficient (Wildman–Crippen LogP) is 3.66. The number of ether oxygens (including phenoxy) is 1. The van der Waals surface area contributed by atoms with E-state index in [0.717, 1.165) is 35.9 Å². The van der Waals surface area contributed by atoms with Gasteiger partial charge >= 0.3 is 0 Å². The van der Waals surface area contributed by atoms with Crippen molar-refractivity contribution in [3.63, 3.8) is 0 Å². The van der Waals surface area contributed by atoms with Crippen LogP contribution in [-0.4, -0.2) is 35.0 Å². The second kappa shape index (κ2) is 7.98. The van der Waals surface area contributed by atoms with Gasteiger partial charge in [0, 0.05) is 29.8 Å². The first kappa shape index (κ1) is 18.4. The molecule has 2 aromatic carbocycles. The quantitative estimate of drug-likeness (QED) is 0.739. The molecule has 3 aromatic rings. The molecule has 1 aliphatic rings. The molecule has 0 unspecified atom stereocenters. The maximum Gasteiger partial charge on any atom is 0.254 e. The number of nitrogens with zero attached hydrogens (tertiary/aromatic N) is 1. The zero-order valence-electron chi connectivity index (χ0n) is 16.0. The lowest BCUT2D eigenvalue weighted by atomic mass is 10.1. The van der Waals surface area contributed by atoms with E-state index in [1.807, 2.05) is 49.4 Å². The van der Waals surface area contributed by atoms with Crippen LogP contribution in [-0.2, 0) is 11.3 Å². The molecule has 1 aliphatic heterocycles. The summed E-state index contributed by atoms with van der Waals surface area (Å²) in [7, 11) is 0. The van der Waals surface area contributed by atoms with Crippen LogP contribution < -0.4 is 5.56 Å². The number of aryl methyl sites for hydroxylation is 1. The minimum atomic E-state index is -0.158. The van der Waals surface area contributed by atoms with Crippen molar-refractivity contribution in [3.05, 3.63) is 81.6 Å². The second-order valence-corrected chi connectivity index (χ2v) is 7.40. The molecule has 4 rings (SSSR count). The number of amides is 1. The van der Waals surface area contributed by atoms with Gasteiger partial charge in [0.1, 0.15) is 0 Å². The third-order valence-electron chi connectivity index (χ3n) is 5.19. The Balaban J connectivity index is 1.66. The highest BCUT2D eigenvalue weighted by molar-refractivity contribution is 5.94. The highest BCUT2D eigenvalue weighted by Crippen LogP contribution is 2.18. The second-order valence-electron chi connectivity index (χ2n) is 7.40. The van der Waals surface area contributed by atoms with E-state index in [0.29, 0.717) is 17.7 Å². The highest BCUT2D eigenvalue weighted by atomic mass is 16.5. The third-order valence-corrected chi connectivity index (χ3v) is 5.19. The van der Waals surface area contributed by atoms with E-state index in [1.165, 1.54) is 0 Å². The fourth-order valence-corrected chi connectivity index (χ4v) is 3.71. The lowest BCUT2D eigenvalue weighted by molar-refractivity contribution is 0.0506. The van der Waals surface area contributed by atoms with Gasteiger partial charge in [0.15, 0.2) is 0 Å². The molecular weight excluding hydrogens is 352 g/mol. The van der Waals surface area contributed by atoms with Crippen LogP contribution in [0.25, 0.3) is 10.9 Å². The molecule has 1 N–H and O–H groups in total. The van der Waals surface area contributed by atoms with E-state index in [1.54, 1.807) is 17.0 Å². The van der Waals surface area contributed by atoms with Gasteiger partial charge in [-0.05, 0) is 55.5 Å². The molecule has 0 aliphatic carbocycles. The smallest absolute Gasteiger partial charge is 0.254 e. The standard InChI is InChI=1S/C23H24N2O3/c1-16-9-10-21-18(12-16)13-19(22(26)24-21)14-25(15-20-8-5-11-28-20)23(27)17-6-3-2-4-7-17/h2-4,6-7,9-10,12-13,20H,5,8,11,14-15H2,1H3,(H,24,26)/t20-/m1/s1. The molecular formula is C23H24N2O3. The molecule has 0 spiro atoms. The molecule has 2 heterocycles. The number of carbonyl (C=O) groups excluding carboxylic acids is 1. The summed E-state index contributed by atoms with van der Waals surface area (Å²) in [5.74, 6) is -0.0835. The number of aromatic amines is 1. The molecule has 28 heavy (non-hydrogen) atoms. The molecule has 0 radical (unpaired) electrons. The van der Waals surface area contributed by atoms with Crippen molar-refractivity contribution in [2.75, 3.05) is 13.2 Å². The van der Waals surface area contributed by atoms with Crippen molar-refractivity contribution >= 4 is 16.8 Å². The van der Waals surface area contributed by atoms with E-state index in [2.05, 4.69) is 4.98 Å². The first-order chi connectivity index (χ1) is 13.6. The molecule has 1 amide bonds. The van der Waals surface area contributed by atoms with Crippen LogP contribution in [0.5, 0.6) is 0 Å². The van der Waals surface area contributed by atoms with Gasteiger partial charge in [0.05, 0.1) is 12.6 Å². The van der Waals surface area contributed by atoms with E-state index in [-0.39, 0.29) is 24.1 Å². The van der Waals surface area contributed by atoms with Gasteiger partial charge in [0.25, 0.3) is 11.5 Å². The van der Waals surface area contributed by atoms with Gasteiger partial charge in [-0.25, -0.2) is 0 Å². The monoisotopic (exact) mass is 376 g/mol. The van der Waals surface area contributed by atoms with Gasteiger partial charge in [-0.3, -0.25) is 9.59 Å². The highest BCUT2D eigenvalue weighted by Gasteiger charge is 2.24. The molecule has 144 valence electrons. The van der Waals surface area contributed by atoms with Crippen molar-refractivity contribution in [2.24, 2.45) is 0 Å².